The number of nitrogens with two attached hydrogens (primary N) is 1. The van der Waals surface area contributed by atoms with E-state index in [2.05, 4.69) is 41.4 Å². The number of oxime groups is 1. The second-order valence-corrected chi connectivity index (χ2v) is 13.7. The van der Waals surface area contributed by atoms with Gasteiger partial charge < -0.3 is 15.5 Å². The highest BCUT2D eigenvalue weighted by atomic mass is 79.9. The number of fused-ring (bicyclic) bond motifs is 4. The Labute approximate surface area is 272 Å². The molecule has 42 heavy (non-hydrogen) atoms. The number of benzene rings is 2. The van der Waals surface area contributed by atoms with Gasteiger partial charge in [-0.15, -0.1) is 12.4 Å². The number of aliphatic imine (C=N–C) groups is 1. The van der Waals surface area contributed by atoms with Crippen molar-refractivity contribution in [3.63, 3.8) is 0 Å². The third-order valence-electron chi connectivity index (χ3n) is 9.20. The predicted molar refractivity (Wildman–Crippen MR) is 175 cm³/mol. The van der Waals surface area contributed by atoms with Crippen LogP contribution in [0.4, 0.5) is 5.69 Å². The summed E-state index contributed by atoms with van der Waals surface area (Å²) in [7, 11) is 0. The van der Waals surface area contributed by atoms with Gasteiger partial charge in [0.25, 0.3) is 0 Å². The van der Waals surface area contributed by atoms with E-state index in [4.69, 9.17) is 38.6 Å². The third-order valence-corrected chi connectivity index (χ3v) is 10.2. The van der Waals surface area contributed by atoms with Gasteiger partial charge in [0.1, 0.15) is 17.3 Å². The first-order valence-electron chi connectivity index (χ1n) is 14.4. The Kier molecular flexibility index (Phi) is 10.3. The van der Waals surface area contributed by atoms with Crippen molar-refractivity contribution in [1.29, 1.82) is 0 Å². The quantitative estimate of drug-likeness (QED) is 0.357. The van der Waals surface area contributed by atoms with Crippen molar-refractivity contribution in [1.82, 2.24) is 15.3 Å². The van der Waals surface area contributed by atoms with Crippen LogP contribution in [-0.4, -0.2) is 71.9 Å². The maximum atomic E-state index is 5.98. The van der Waals surface area contributed by atoms with Crippen LogP contribution < -0.4 is 11.2 Å². The zero-order valence-corrected chi connectivity index (χ0v) is 27.4. The fourth-order valence-electron chi connectivity index (χ4n) is 7.07. The number of piperidine rings is 6. The fourth-order valence-corrected chi connectivity index (χ4v) is 7.59. The molecule has 2 atom stereocenters. The van der Waals surface area contributed by atoms with E-state index in [-0.39, 0.29) is 23.6 Å². The lowest BCUT2D eigenvalue weighted by Crippen LogP contribution is -2.59. The third kappa shape index (κ3) is 7.20. The first-order valence-corrected chi connectivity index (χ1v) is 16.0. The molecule has 2 spiro atoms. The topological polar surface area (TPSA) is 87.7 Å². The first kappa shape index (κ1) is 31.8. The van der Waals surface area contributed by atoms with Gasteiger partial charge in [-0.2, -0.15) is 0 Å². The lowest BCUT2D eigenvalue weighted by Gasteiger charge is -2.49. The van der Waals surface area contributed by atoms with E-state index in [1.807, 2.05) is 48.5 Å². The SMILES string of the molecule is Cl.Clc1ccc(Br)cc1.Clc1ccc(N=C2C[C@@]3(CN4CCC3CC4)ON2)cc1.NC1=NO[C@@]2(C1)CN1CCC2CC1. The molecule has 7 fully saturated rings. The Bertz CT molecular complexity index is 1250. The molecular formula is C30H38BrCl3N6O2. The highest BCUT2D eigenvalue weighted by Crippen LogP contribution is 2.43. The van der Waals surface area contributed by atoms with E-state index in [9.17, 15) is 0 Å². The Balaban J connectivity index is 0.000000138. The minimum Gasteiger partial charge on any atom is -0.386 e. The van der Waals surface area contributed by atoms with E-state index in [0.29, 0.717) is 17.7 Å². The maximum Gasteiger partial charge on any atom is 0.160 e. The molecule has 0 saturated carbocycles. The van der Waals surface area contributed by atoms with Crippen molar-refractivity contribution in [3.8, 4) is 0 Å². The lowest BCUT2D eigenvalue weighted by atomic mass is 9.74. The number of hydroxylamine groups is 1. The summed E-state index contributed by atoms with van der Waals surface area (Å²) in [6.07, 6.45) is 6.72. The summed E-state index contributed by atoms with van der Waals surface area (Å²) < 4.78 is 1.06. The fraction of sp³-hybridized carbons (Fsp3) is 0.533. The highest BCUT2D eigenvalue weighted by Gasteiger charge is 2.53. The van der Waals surface area contributed by atoms with Crippen molar-refractivity contribution in [2.75, 3.05) is 39.3 Å². The largest absolute Gasteiger partial charge is 0.386 e. The number of nitrogens with zero attached hydrogens (tertiary/aromatic N) is 4. The molecule has 12 heteroatoms. The van der Waals surface area contributed by atoms with E-state index in [1.165, 1.54) is 51.9 Å². The molecule has 8 aliphatic rings. The minimum atomic E-state index is -0.0538. The van der Waals surface area contributed by atoms with Crippen LogP contribution in [-0.2, 0) is 9.68 Å². The number of nitrogens with one attached hydrogen (secondary N) is 1. The summed E-state index contributed by atoms with van der Waals surface area (Å²) in [5, 5.41) is 5.41. The van der Waals surface area contributed by atoms with Gasteiger partial charge in [-0.05, 0) is 106 Å². The summed E-state index contributed by atoms with van der Waals surface area (Å²) in [5.74, 6) is 2.95. The van der Waals surface area contributed by atoms with Crippen LogP contribution in [0.1, 0.15) is 38.5 Å². The van der Waals surface area contributed by atoms with E-state index >= 15 is 0 Å². The smallest absolute Gasteiger partial charge is 0.160 e. The van der Waals surface area contributed by atoms with Crippen molar-refractivity contribution >= 4 is 68.9 Å². The zero-order valence-electron chi connectivity index (χ0n) is 23.5. The molecule has 7 saturated heterocycles. The molecule has 0 aliphatic carbocycles. The van der Waals surface area contributed by atoms with Gasteiger partial charge in [0.2, 0.25) is 0 Å². The molecular weight excluding hydrogens is 663 g/mol. The molecule has 2 aromatic carbocycles. The Hall–Kier alpha value is -1.59. The highest BCUT2D eigenvalue weighted by molar-refractivity contribution is 9.10. The molecule has 0 aromatic heterocycles. The molecule has 3 N–H and O–H groups in total. The summed E-state index contributed by atoms with van der Waals surface area (Å²) >= 11 is 14.8. The lowest BCUT2D eigenvalue weighted by molar-refractivity contribution is -0.150. The van der Waals surface area contributed by atoms with Crippen LogP contribution in [0.25, 0.3) is 0 Å². The number of hydrogen-bond acceptors (Lipinski definition) is 7. The number of halogens is 4. The van der Waals surface area contributed by atoms with E-state index in [1.54, 1.807) is 0 Å². The standard InChI is InChI=1S/C15H18ClN3O.C9H15N3O.C6H4BrCl.ClH/c16-12-1-3-13(4-2-12)17-14-9-15(20-18-14)10-19-7-5-11(15)6-8-19;10-8-5-9(13-11-8)6-12-3-1-7(9)2-4-12;7-5-1-3-6(8)4-2-5;/h1-4,11H,5-10H2,(H,17,18);7H,1-6H2,(H2,10,11);1-4H;1H/t15-;9-;;/m00../s1. The second kappa shape index (κ2) is 13.6. The molecule has 0 unspecified atom stereocenters. The zero-order chi connectivity index (χ0) is 28.5. The van der Waals surface area contributed by atoms with Gasteiger partial charge in [0, 0.05) is 39.9 Å². The van der Waals surface area contributed by atoms with E-state index < -0.39 is 0 Å². The van der Waals surface area contributed by atoms with Gasteiger partial charge in [0.15, 0.2) is 5.60 Å². The first-order chi connectivity index (χ1) is 19.8. The van der Waals surface area contributed by atoms with Crippen molar-refractivity contribution in [3.05, 3.63) is 63.0 Å². The summed E-state index contributed by atoms with van der Waals surface area (Å²) in [4.78, 5) is 21.1. The molecule has 10 rings (SSSR count). The minimum absolute atomic E-state index is 0. The van der Waals surface area contributed by atoms with Crippen LogP contribution in [0.2, 0.25) is 10.0 Å². The Morgan fingerprint density at radius 3 is 1.81 bits per heavy atom. The second-order valence-electron chi connectivity index (χ2n) is 11.9. The molecule has 2 aromatic rings. The summed E-state index contributed by atoms with van der Waals surface area (Å²) in [6.45, 7) is 6.97. The van der Waals surface area contributed by atoms with Crippen molar-refractivity contribution in [2.45, 2.75) is 49.7 Å². The van der Waals surface area contributed by atoms with Crippen molar-refractivity contribution < 1.29 is 9.68 Å². The molecule has 228 valence electrons. The summed E-state index contributed by atoms with van der Waals surface area (Å²) in [6, 6.07) is 15.1. The Morgan fingerprint density at radius 1 is 0.833 bits per heavy atom. The molecule has 4 bridgehead atoms. The molecule has 8 nitrogen and oxygen atoms in total. The molecule has 0 amide bonds. The Morgan fingerprint density at radius 2 is 1.36 bits per heavy atom. The van der Waals surface area contributed by atoms with Gasteiger partial charge in [-0.25, -0.2) is 4.99 Å². The average Bonchev–Trinajstić information content (AvgIpc) is 3.55. The van der Waals surface area contributed by atoms with Gasteiger partial charge in [0.05, 0.1) is 12.1 Å². The maximum absolute atomic E-state index is 5.98. The van der Waals surface area contributed by atoms with Crippen LogP contribution in [0.3, 0.4) is 0 Å². The number of hydrogen-bond donors (Lipinski definition) is 2. The average molecular weight is 701 g/mol. The van der Waals surface area contributed by atoms with Crippen LogP contribution >= 0.6 is 51.5 Å². The van der Waals surface area contributed by atoms with Crippen LogP contribution in [0, 0.1) is 11.8 Å². The van der Waals surface area contributed by atoms with Gasteiger partial charge >= 0.3 is 0 Å². The number of rotatable bonds is 1. The number of amidine groups is 2. The molecule has 8 aliphatic heterocycles. The predicted octanol–water partition coefficient (Wildman–Crippen LogP) is 6.43. The monoisotopic (exact) mass is 698 g/mol. The van der Waals surface area contributed by atoms with E-state index in [0.717, 1.165) is 52.0 Å². The van der Waals surface area contributed by atoms with Gasteiger partial charge in [-0.1, -0.05) is 44.3 Å². The molecule has 0 radical (unpaired) electrons. The van der Waals surface area contributed by atoms with Crippen LogP contribution in [0.5, 0.6) is 0 Å². The van der Waals surface area contributed by atoms with Gasteiger partial charge in [-0.3, -0.25) is 15.2 Å². The van der Waals surface area contributed by atoms with Crippen molar-refractivity contribution in [2.24, 2.45) is 27.7 Å². The summed E-state index contributed by atoms with van der Waals surface area (Å²) in [5.41, 5.74) is 9.55. The van der Waals surface area contributed by atoms with Crippen LogP contribution in [0.15, 0.2) is 63.2 Å². The normalized spacial score (nSPS) is 34.5. The molecule has 8 heterocycles.